The predicted molar refractivity (Wildman–Crippen MR) is 103 cm³/mol. The fourth-order valence-electron chi connectivity index (χ4n) is 1.88. The second-order valence-electron chi connectivity index (χ2n) is 5.18. The Kier molecular flexibility index (Phi) is 6.44. The Hall–Kier alpha value is -1.80. The summed E-state index contributed by atoms with van der Waals surface area (Å²) in [6.07, 6.45) is 0. The molecule has 0 radical (unpaired) electrons. The number of halogens is 2. The van der Waals surface area contributed by atoms with Crippen LogP contribution < -0.4 is 10.1 Å². The van der Waals surface area contributed by atoms with Crippen LogP contribution in [0.25, 0.3) is 0 Å². The molecule has 5 nitrogen and oxygen atoms in total. The molecule has 0 aliphatic heterocycles. The molecule has 2 amide bonds. The number of carbonyl (C=O) groups is 2. The zero-order chi connectivity index (χ0) is 17.7. The van der Waals surface area contributed by atoms with E-state index < -0.39 is 0 Å². The topological polar surface area (TPSA) is 58.6 Å². The molecule has 1 N–H and O–H groups in total. The Morgan fingerprint density at radius 3 is 2.46 bits per heavy atom. The summed E-state index contributed by atoms with van der Waals surface area (Å²) in [6.45, 7) is -0.125. The number of anilines is 1. The van der Waals surface area contributed by atoms with Gasteiger partial charge < -0.3 is 15.0 Å². The number of ether oxygens (including phenoxy) is 1. The molecular formula is C17H16ClIN2O3. The van der Waals surface area contributed by atoms with Gasteiger partial charge in [0, 0.05) is 23.4 Å². The molecule has 0 saturated carbocycles. The highest BCUT2D eigenvalue weighted by molar-refractivity contribution is 14.1. The van der Waals surface area contributed by atoms with Crippen molar-refractivity contribution in [3.8, 4) is 5.75 Å². The van der Waals surface area contributed by atoms with Crippen molar-refractivity contribution < 1.29 is 14.3 Å². The van der Waals surface area contributed by atoms with E-state index in [-0.39, 0.29) is 18.4 Å². The zero-order valence-corrected chi connectivity index (χ0v) is 16.1. The molecule has 0 aliphatic rings. The molecule has 0 aromatic heterocycles. The van der Waals surface area contributed by atoms with Gasteiger partial charge in [-0.3, -0.25) is 9.59 Å². The lowest BCUT2D eigenvalue weighted by atomic mass is 10.1. The van der Waals surface area contributed by atoms with Crippen LogP contribution in [0.3, 0.4) is 0 Å². The first-order valence-electron chi connectivity index (χ1n) is 7.06. The summed E-state index contributed by atoms with van der Waals surface area (Å²) in [5.74, 6) is 0.0653. The second kappa shape index (κ2) is 8.34. The summed E-state index contributed by atoms with van der Waals surface area (Å²) in [4.78, 5) is 25.5. The molecule has 0 atom stereocenters. The maximum absolute atomic E-state index is 12.0. The number of nitrogens with zero attached hydrogens (tertiary/aromatic N) is 1. The first kappa shape index (κ1) is 18.5. The summed E-state index contributed by atoms with van der Waals surface area (Å²) in [5.41, 5.74) is 0.818. The standard InChI is InChI=1S/C17H16ClIN2O3/c1-21(2)17(23)14-9-12(5-8-15(14)18)20-16(22)10-24-13-6-3-11(19)4-7-13/h3-9H,10H2,1-2H3,(H,20,22). The van der Waals surface area contributed by atoms with Crippen LogP contribution in [-0.2, 0) is 4.79 Å². The molecule has 126 valence electrons. The van der Waals surface area contributed by atoms with Crippen molar-refractivity contribution in [2.75, 3.05) is 26.0 Å². The average molecular weight is 459 g/mol. The molecule has 0 fully saturated rings. The third kappa shape index (κ3) is 5.10. The van der Waals surface area contributed by atoms with Crippen LogP contribution in [0.1, 0.15) is 10.4 Å². The molecule has 0 aliphatic carbocycles. The summed E-state index contributed by atoms with van der Waals surface area (Å²) in [5, 5.41) is 3.03. The SMILES string of the molecule is CN(C)C(=O)c1cc(NC(=O)COc2ccc(I)cc2)ccc1Cl. The first-order valence-corrected chi connectivity index (χ1v) is 8.52. The number of hydrogen-bond donors (Lipinski definition) is 1. The van der Waals surface area contributed by atoms with E-state index in [1.807, 2.05) is 12.1 Å². The van der Waals surface area contributed by atoms with E-state index in [9.17, 15) is 9.59 Å². The normalized spacial score (nSPS) is 10.2. The van der Waals surface area contributed by atoms with Crippen molar-refractivity contribution in [3.05, 3.63) is 56.6 Å². The molecule has 0 unspecified atom stereocenters. The minimum atomic E-state index is -0.320. The monoisotopic (exact) mass is 458 g/mol. The van der Waals surface area contributed by atoms with E-state index in [0.29, 0.717) is 22.0 Å². The molecule has 2 aromatic carbocycles. The van der Waals surface area contributed by atoms with E-state index in [4.69, 9.17) is 16.3 Å². The van der Waals surface area contributed by atoms with Gasteiger partial charge in [-0.2, -0.15) is 0 Å². The van der Waals surface area contributed by atoms with Gasteiger partial charge in [0.2, 0.25) is 0 Å². The van der Waals surface area contributed by atoms with Gasteiger partial charge in [0.05, 0.1) is 10.6 Å². The predicted octanol–water partition coefficient (Wildman–Crippen LogP) is 3.66. The van der Waals surface area contributed by atoms with Crippen LogP contribution >= 0.6 is 34.2 Å². The minimum absolute atomic E-state index is 0.125. The maximum Gasteiger partial charge on any atom is 0.262 e. The van der Waals surface area contributed by atoms with Gasteiger partial charge in [0.1, 0.15) is 5.75 Å². The van der Waals surface area contributed by atoms with Crippen molar-refractivity contribution in [1.82, 2.24) is 4.90 Å². The molecule has 7 heteroatoms. The lowest BCUT2D eigenvalue weighted by Gasteiger charge is -2.13. The van der Waals surface area contributed by atoms with Crippen LogP contribution in [0, 0.1) is 3.57 Å². The van der Waals surface area contributed by atoms with Crippen molar-refractivity contribution >= 4 is 51.7 Å². The molecule has 0 heterocycles. The van der Waals surface area contributed by atoms with Crippen molar-refractivity contribution in [2.45, 2.75) is 0 Å². The van der Waals surface area contributed by atoms with Gasteiger partial charge >= 0.3 is 0 Å². The summed E-state index contributed by atoms with van der Waals surface area (Å²) in [7, 11) is 3.28. The first-order chi connectivity index (χ1) is 11.4. The smallest absolute Gasteiger partial charge is 0.262 e. The molecule has 0 spiro atoms. The molecule has 2 rings (SSSR count). The van der Waals surface area contributed by atoms with Crippen LogP contribution in [0.5, 0.6) is 5.75 Å². The zero-order valence-electron chi connectivity index (χ0n) is 13.2. The largest absolute Gasteiger partial charge is 0.484 e. The highest BCUT2D eigenvalue weighted by atomic mass is 127. The Labute approximate surface area is 159 Å². The average Bonchev–Trinajstić information content (AvgIpc) is 2.55. The second-order valence-corrected chi connectivity index (χ2v) is 6.84. The summed E-state index contributed by atoms with van der Waals surface area (Å²) < 4.78 is 6.50. The molecular weight excluding hydrogens is 443 g/mol. The highest BCUT2D eigenvalue weighted by Gasteiger charge is 2.14. The number of benzene rings is 2. The number of hydrogen-bond acceptors (Lipinski definition) is 3. The van der Waals surface area contributed by atoms with Crippen LogP contribution in [0.2, 0.25) is 5.02 Å². The lowest BCUT2D eigenvalue weighted by Crippen LogP contribution is -2.23. The Balaban J connectivity index is 2.00. The Morgan fingerprint density at radius 2 is 1.83 bits per heavy atom. The quantitative estimate of drug-likeness (QED) is 0.696. The molecule has 0 bridgehead atoms. The Morgan fingerprint density at radius 1 is 1.17 bits per heavy atom. The number of carbonyl (C=O) groups excluding carboxylic acids is 2. The van der Waals surface area contributed by atoms with Crippen LogP contribution in [0.15, 0.2) is 42.5 Å². The summed E-state index contributed by atoms with van der Waals surface area (Å²) in [6, 6.07) is 12.1. The fraction of sp³-hybridized carbons (Fsp3) is 0.176. The van der Waals surface area contributed by atoms with Crippen molar-refractivity contribution in [3.63, 3.8) is 0 Å². The third-order valence-corrected chi connectivity index (χ3v) is 4.12. The van der Waals surface area contributed by atoms with Crippen molar-refractivity contribution in [1.29, 1.82) is 0 Å². The van der Waals surface area contributed by atoms with E-state index in [2.05, 4.69) is 27.9 Å². The summed E-state index contributed by atoms with van der Waals surface area (Å²) >= 11 is 8.23. The number of rotatable bonds is 5. The molecule has 2 aromatic rings. The third-order valence-electron chi connectivity index (χ3n) is 3.07. The lowest BCUT2D eigenvalue weighted by molar-refractivity contribution is -0.118. The van der Waals surface area contributed by atoms with Gasteiger partial charge in [-0.15, -0.1) is 0 Å². The van der Waals surface area contributed by atoms with Crippen molar-refractivity contribution in [2.24, 2.45) is 0 Å². The molecule has 24 heavy (non-hydrogen) atoms. The number of nitrogens with one attached hydrogen (secondary N) is 1. The van der Waals surface area contributed by atoms with E-state index in [1.165, 1.54) is 4.90 Å². The van der Waals surface area contributed by atoms with E-state index in [0.717, 1.165) is 3.57 Å². The Bertz CT molecular complexity index is 748. The van der Waals surface area contributed by atoms with Gasteiger partial charge in [-0.25, -0.2) is 0 Å². The highest BCUT2D eigenvalue weighted by Crippen LogP contribution is 2.22. The van der Waals surface area contributed by atoms with Gasteiger partial charge in [0.25, 0.3) is 11.8 Å². The molecule has 0 saturated heterocycles. The van der Waals surface area contributed by atoms with E-state index in [1.54, 1.807) is 44.4 Å². The van der Waals surface area contributed by atoms with E-state index >= 15 is 0 Å². The van der Waals surface area contributed by atoms with Crippen LogP contribution in [0.4, 0.5) is 5.69 Å². The number of amides is 2. The van der Waals surface area contributed by atoms with Gasteiger partial charge in [-0.1, -0.05) is 11.6 Å². The fourth-order valence-corrected chi connectivity index (χ4v) is 2.44. The maximum atomic E-state index is 12.0. The minimum Gasteiger partial charge on any atom is -0.484 e. The van der Waals surface area contributed by atoms with Crippen LogP contribution in [-0.4, -0.2) is 37.4 Å². The van der Waals surface area contributed by atoms with Gasteiger partial charge in [-0.05, 0) is 65.1 Å². The van der Waals surface area contributed by atoms with Gasteiger partial charge in [0.15, 0.2) is 6.61 Å².